The van der Waals surface area contributed by atoms with Crippen LogP contribution in [0.2, 0.25) is 0 Å². The number of amides is 1. The van der Waals surface area contributed by atoms with Crippen molar-refractivity contribution in [3.8, 4) is 0 Å². The van der Waals surface area contributed by atoms with E-state index in [1.54, 1.807) is 0 Å². The third kappa shape index (κ3) is 2.76. The molecule has 0 aliphatic rings. The van der Waals surface area contributed by atoms with Crippen LogP contribution in [-0.4, -0.2) is 25.9 Å². The van der Waals surface area contributed by atoms with Crippen molar-refractivity contribution in [1.82, 2.24) is 25.3 Å². The van der Waals surface area contributed by atoms with Gasteiger partial charge >= 0.3 is 0 Å². The second-order valence-corrected chi connectivity index (χ2v) is 5.99. The van der Waals surface area contributed by atoms with Crippen molar-refractivity contribution in [3.63, 3.8) is 0 Å². The predicted molar refractivity (Wildman–Crippen MR) is 97.3 cm³/mol. The number of rotatable bonds is 5. The van der Waals surface area contributed by atoms with E-state index < -0.39 is 0 Å². The summed E-state index contributed by atoms with van der Waals surface area (Å²) >= 11 is 0. The highest BCUT2D eigenvalue weighted by atomic mass is 16.1. The third-order valence-electron chi connectivity index (χ3n) is 4.27. The van der Waals surface area contributed by atoms with Crippen LogP contribution < -0.4 is 5.32 Å². The number of carbonyl (C=O) groups excluding carboxylic acids is 1. The molecular weight excluding hydrogens is 314 g/mol. The summed E-state index contributed by atoms with van der Waals surface area (Å²) in [6.07, 6.45) is 1.01. The Morgan fingerprint density at radius 2 is 1.88 bits per heavy atom. The van der Waals surface area contributed by atoms with E-state index in [0.29, 0.717) is 12.2 Å². The minimum Gasteiger partial charge on any atom is -0.345 e. The second kappa shape index (κ2) is 6.39. The first-order valence-electron chi connectivity index (χ1n) is 8.43. The summed E-state index contributed by atoms with van der Waals surface area (Å²) in [5.41, 5.74) is 3.23. The lowest BCUT2D eigenvalue weighted by Crippen LogP contribution is -2.23. The highest BCUT2D eigenvalue weighted by Gasteiger charge is 2.15. The normalized spacial score (nSPS) is 11.2. The zero-order valence-electron chi connectivity index (χ0n) is 14.0. The standard InChI is InChI=1S/C19H19N5O/c1-2-11-24-17-10-6-4-7-13(17)16(23-24)12-20-19(25)18-14-8-3-5-9-15(14)21-22-18/h3-10H,2,11-12H2,1H3,(H,20,25)(H,21,22). The second-order valence-electron chi connectivity index (χ2n) is 5.99. The first-order chi connectivity index (χ1) is 12.3. The van der Waals surface area contributed by atoms with E-state index in [4.69, 9.17) is 0 Å². The highest BCUT2D eigenvalue weighted by molar-refractivity contribution is 6.04. The molecule has 0 atom stereocenters. The minimum absolute atomic E-state index is 0.202. The predicted octanol–water partition coefficient (Wildman–Crippen LogP) is 3.25. The maximum atomic E-state index is 12.5. The van der Waals surface area contributed by atoms with E-state index in [0.717, 1.165) is 40.5 Å². The fourth-order valence-corrected chi connectivity index (χ4v) is 3.09. The van der Waals surface area contributed by atoms with Crippen LogP contribution in [0.3, 0.4) is 0 Å². The van der Waals surface area contributed by atoms with Gasteiger partial charge in [-0.05, 0) is 18.6 Å². The van der Waals surface area contributed by atoms with E-state index in [-0.39, 0.29) is 5.91 Å². The molecule has 4 aromatic rings. The molecule has 25 heavy (non-hydrogen) atoms. The summed E-state index contributed by atoms with van der Waals surface area (Å²) in [6.45, 7) is 3.36. The van der Waals surface area contributed by atoms with Gasteiger partial charge in [-0.3, -0.25) is 14.6 Å². The number of H-pyrrole nitrogens is 1. The molecule has 6 nitrogen and oxygen atoms in total. The van der Waals surface area contributed by atoms with Gasteiger partial charge in [-0.1, -0.05) is 43.3 Å². The number of hydrogen-bond donors (Lipinski definition) is 2. The van der Waals surface area contributed by atoms with Gasteiger partial charge in [0, 0.05) is 17.3 Å². The number of benzene rings is 2. The van der Waals surface area contributed by atoms with E-state index in [1.165, 1.54) is 0 Å². The molecule has 4 rings (SSSR count). The molecule has 2 aromatic heterocycles. The molecule has 0 radical (unpaired) electrons. The molecule has 0 saturated heterocycles. The van der Waals surface area contributed by atoms with Gasteiger partial charge in [-0.2, -0.15) is 10.2 Å². The number of carbonyl (C=O) groups is 1. The summed E-state index contributed by atoms with van der Waals surface area (Å²) < 4.78 is 2.00. The Kier molecular flexibility index (Phi) is 3.93. The summed E-state index contributed by atoms with van der Waals surface area (Å²) in [4.78, 5) is 12.5. The average molecular weight is 333 g/mol. The molecule has 0 unspecified atom stereocenters. The van der Waals surface area contributed by atoms with E-state index in [1.807, 2.05) is 47.1 Å². The third-order valence-corrected chi connectivity index (χ3v) is 4.27. The first kappa shape index (κ1) is 15.4. The minimum atomic E-state index is -0.202. The Morgan fingerprint density at radius 1 is 1.12 bits per heavy atom. The molecule has 1 amide bonds. The van der Waals surface area contributed by atoms with Crippen LogP contribution in [-0.2, 0) is 13.1 Å². The van der Waals surface area contributed by atoms with Gasteiger partial charge in [0.1, 0.15) is 0 Å². The molecular formula is C19H19N5O. The smallest absolute Gasteiger partial charge is 0.272 e. The van der Waals surface area contributed by atoms with Crippen LogP contribution in [0, 0.1) is 0 Å². The Balaban J connectivity index is 1.59. The number of aryl methyl sites for hydroxylation is 1. The van der Waals surface area contributed by atoms with Crippen molar-refractivity contribution in [1.29, 1.82) is 0 Å². The molecule has 2 heterocycles. The van der Waals surface area contributed by atoms with Crippen LogP contribution in [0.1, 0.15) is 29.5 Å². The zero-order chi connectivity index (χ0) is 17.2. The maximum absolute atomic E-state index is 12.5. The van der Waals surface area contributed by atoms with Crippen LogP contribution in [0.25, 0.3) is 21.8 Å². The number of aromatic nitrogens is 4. The summed E-state index contributed by atoms with van der Waals surface area (Å²) in [7, 11) is 0. The van der Waals surface area contributed by atoms with Gasteiger partial charge in [-0.15, -0.1) is 0 Å². The van der Waals surface area contributed by atoms with Crippen molar-refractivity contribution in [2.45, 2.75) is 26.4 Å². The van der Waals surface area contributed by atoms with Gasteiger partial charge in [0.15, 0.2) is 5.69 Å². The lowest BCUT2D eigenvalue weighted by Gasteiger charge is -2.02. The summed E-state index contributed by atoms with van der Waals surface area (Å²) in [5.74, 6) is -0.202. The van der Waals surface area contributed by atoms with Crippen LogP contribution in [0.5, 0.6) is 0 Å². The average Bonchev–Trinajstić information content (AvgIpc) is 3.22. The molecule has 0 aliphatic heterocycles. The van der Waals surface area contributed by atoms with Gasteiger partial charge < -0.3 is 5.32 Å². The largest absolute Gasteiger partial charge is 0.345 e. The maximum Gasteiger partial charge on any atom is 0.272 e. The molecule has 2 aromatic carbocycles. The monoisotopic (exact) mass is 333 g/mol. The lowest BCUT2D eigenvalue weighted by atomic mass is 10.2. The first-order valence-corrected chi connectivity index (χ1v) is 8.43. The molecule has 126 valence electrons. The van der Waals surface area contributed by atoms with Crippen molar-refractivity contribution in [2.75, 3.05) is 0 Å². The Bertz CT molecular complexity index is 1050. The van der Waals surface area contributed by atoms with Gasteiger partial charge in [0.2, 0.25) is 0 Å². The lowest BCUT2D eigenvalue weighted by molar-refractivity contribution is 0.0947. The van der Waals surface area contributed by atoms with Gasteiger partial charge in [0.05, 0.1) is 23.3 Å². The number of fused-ring (bicyclic) bond motifs is 2. The van der Waals surface area contributed by atoms with Crippen LogP contribution in [0.15, 0.2) is 48.5 Å². The van der Waals surface area contributed by atoms with Crippen molar-refractivity contribution in [3.05, 3.63) is 59.9 Å². The molecule has 0 bridgehead atoms. The molecule has 0 fully saturated rings. The highest BCUT2D eigenvalue weighted by Crippen LogP contribution is 2.19. The van der Waals surface area contributed by atoms with Gasteiger partial charge in [-0.25, -0.2) is 0 Å². The Labute approximate surface area is 144 Å². The van der Waals surface area contributed by atoms with Gasteiger partial charge in [0.25, 0.3) is 5.91 Å². The number of nitrogens with one attached hydrogen (secondary N) is 2. The van der Waals surface area contributed by atoms with E-state index in [2.05, 4.69) is 33.6 Å². The fourth-order valence-electron chi connectivity index (χ4n) is 3.09. The summed E-state index contributed by atoms with van der Waals surface area (Å²) in [5, 5.41) is 16.5. The molecule has 0 saturated carbocycles. The number of para-hydroxylation sites is 2. The zero-order valence-corrected chi connectivity index (χ0v) is 14.0. The quantitative estimate of drug-likeness (QED) is 0.588. The van der Waals surface area contributed by atoms with Crippen molar-refractivity contribution >= 4 is 27.7 Å². The van der Waals surface area contributed by atoms with E-state index in [9.17, 15) is 4.79 Å². The van der Waals surface area contributed by atoms with Crippen LogP contribution in [0.4, 0.5) is 0 Å². The molecule has 6 heteroatoms. The Morgan fingerprint density at radius 3 is 2.72 bits per heavy atom. The molecule has 0 aliphatic carbocycles. The van der Waals surface area contributed by atoms with Crippen molar-refractivity contribution in [2.24, 2.45) is 0 Å². The Hall–Kier alpha value is -3.15. The number of aromatic amines is 1. The molecule has 2 N–H and O–H groups in total. The number of nitrogens with zero attached hydrogens (tertiary/aromatic N) is 3. The van der Waals surface area contributed by atoms with E-state index >= 15 is 0 Å². The van der Waals surface area contributed by atoms with Crippen LogP contribution >= 0.6 is 0 Å². The SMILES string of the molecule is CCCn1nc(CNC(=O)c2n[nH]c3ccccc23)c2ccccc21. The molecule has 0 spiro atoms. The topological polar surface area (TPSA) is 75.6 Å². The fraction of sp³-hybridized carbons (Fsp3) is 0.211. The number of hydrogen-bond acceptors (Lipinski definition) is 3. The summed E-state index contributed by atoms with van der Waals surface area (Å²) in [6, 6.07) is 15.7. The van der Waals surface area contributed by atoms with Crippen molar-refractivity contribution < 1.29 is 4.79 Å².